The Morgan fingerprint density at radius 2 is 2.31 bits per heavy atom. The highest BCUT2D eigenvalue weighted by Gasteiger charge is 2.25. The number of carbonyl (C=O) groups is 1. The maximum absolute atomic E-state index is 10.8. The molecule has 16 heavy (non-hydrogen) atoms. The van der Waals surface area contributed by atoms with E-state index in [0.29, 0.717) is 10.0 Å². The molecule has 7 heteroatoms. The van der Waals surface area contributed by atoms with Crippen LogP contribution >= 0.6 is 15.9 Å². The minimum atomic E-state index is -0.504. The molecule has 1 fully saturated rings. The van der Waals surface area contributed by atoms with Crippen molar-refractivity contribution < 1.29 is 14.5 Å². The van der Waals surface area contributed by atoms with Crippen LogP contribution in [-0.4, -0.2) is 17.6 Å². The van der Waals surface area contributed by atoms with E-state index in [9.17, 15) is 14.9 Å². The maximum atomic E-state index is 10.8. The number of carbonyl (C=O) groups excluding carboxylic acids is 1. The lowest BCUT2D eigenvalue weighted by Crippen LogP contribution is -2.18. The molecule has 1 amide bonds. The van der Waals surface area contributed by atoms with Crippen LogP contribution in [0, 0.1) is 10.1 Å². The average molecular weight is 287 g/mol. The number of nitro groups is 1. The molecule has 84 valence electrons. The van der Waals surface area contributed by atoms with Crippen molar-refractivity contribution in [3.63, 3.8) is 0 Å². The summed E-state index contributed by atoms with van der Waals surface area (Å²) in [7, 11) is 0. The molecule has 1 aliphatic heterocycles. The molecular weight excluding hydrogens is 280 g/mol. The van der Waals surface area contributed by atoms with Crippen molar-refractivity contribution in [3.05, 3.63) is 38.3 Å². The number of alkyl carbamates (subject to hydrolysis) is 1. The molecule has 1 aromatic rings. The number of rotatable bonds is 2. The standard InChI is InChI=1S/C9H7BrN2O4/c10-6-2-1-5(3-8(6)12(14)15)7-4-16-9(13)11-7/h1-3,7H,4H2,(H,11,13)/t7-/m0/s1. The number of hydrogen-bond donors (Lipinski definition) is 1. The van der Waals surface area contributed by atoms with Crippen LogP contribution in [0.3, 0.4) is 0 Å². The number of halogens is 1. The molecule has 1 aromatic carbocycles. The van der Waals surface area contributed by atoms with E-state index >= 15 is 0 Å². The van der Waals surface area contributed by atoms with Gasteiger partial charge in [0, 0.05) is 6.07 Å². The van der Waals surface area contributed by atoms with E-state index in [0.717, 1.165) is 0 Å². The largest absolute Gasteiger partial charge is 0.447 e. The Balaban J connectivity index is 2.32. The summed E-state index contributed by atoms with van der Waals surface area (Å²) >= 11 is 3.09. The normalized spacial score (nSPS) is 19.1. The number of cyclic esters (lactones) is 1. The van der Waals surface area contributed by atoms with Crippen LogP contribution in [0.1, 0.15) is 11.6 Å². The maximum Gasteiger partial charge on any atom is 0.407 e. The Morgan fingerprint density at radius 1 is 1.56 bits per heavy atom. The first kappa shape index (κ1) is 10.9. The molecule has 0 saturated carbocycles. The fourth-order valence-corrected chi connectivity index (χ4v) is 1.84. The monoisotopic (exact) mass is 286 g/mol. The molecule has 0 aliphatic carbocycles. The molecule has 1 aliphatic rings. The van der Waals surface area contributed by atoms with Crippen LogP contribution in [0.4, 0.5) is 10.5 Å². The van der Waals surface area contributed by atoms with Gasteiger partial charge < -0.3 is 10.1 Å². The van der Waals surface area contributed by atoms with E-state index in [1.54, 1.807) is 12.1 Å². The number of hydrogen-bond acceptors (Lipinski definition) is 4. The van der Waals surface area contributed by atoms with Crippen molar-refractivity contribution in [2.75, 3.05) is 6.61 Å². The van der Waals surface area contributed by atoms with Crippen molar-refractivity contribution >= 4 is 27.7 Å². The number of nitrogens with zero attached hydrogens (tertiary/aromatic N) is 1. The lowest BCUT2D eigenvalue weighted by Gasteiger charge is -2.07. The van der Waals surface area contributed by atoms with Gasteiger partial charge in [-0.15, -0.1) is 0 Å². The van der Waals surface area contributed by atoms with E-state index < -0.39 is 11.0 Å². The van der Waals surface area contributed by atoms with Gasteiger partial charge in [0.2, 0.25) is 0 Å². The van der Waals surface area contributed by atoms with Gasteiger partial charge in [-0.05, 0) is 27.6 Å². The molecule has 0 spiro atoms. The molecule has 0 bridgehead atoms. The van der Waals surface area contributed by atoms with Crippen molar-refractivity contribution in [2.24, 2.45) is 0 Å². The van der Waals surface area contributed by atoms with Crippen molar-refractivity contribution in [3.8, 4) is 0 Å². The van der Waals surface area contributed by atoms with E-state index in [1.807, 2.05) is 0 Å². The smallest absolute Gasteiger partial charge is 0.407 e. The lowest BCUT2D eigenvalue weighted by molar-refractivity contribution is -0.385. The van der Waals surface area contributed by atoms with Gasteiger partial charge >= 0.3 is 6.09 Å². The highest BCUT2D eigenvalue weighted by Crippen LogP contribution is 2.29. The Kier molecular flexibility index (Phi) is 2.78. The topological polar surface area (TPSA) is 81.5 Å². The van der Waals surface area contributed by atoms with Crippen LogP contribution in [0.15, 0.2) is 22.7 Å². The molecule has 2 rings (SSSR count). The lowest BCUT2D eigenvalue weighted by atomic mass is 10.1. The first-order valence-electron chi connectivity index (χ1n) is 4.45. The van der Waals surface area contributed by atoms with Gasteiger partial charge in [-0.25, -0.2) is 4.79 Å². The Bertz CT molecular complexity index is 463. The van der Waals surface area contributed by atoms with Gasteiger partial charge in [0.1, 0.15) is 6.61 Å². The first-order chi connectivity index (χ1) is 7.58. The minimum absolute atomic E-state index is 0.0290. The summed E-state index contributed by atoms with van der Waals surface area (Å²) in [5, 5.41) is 13.3. The third-order valence-electron chi connectivity index (χ3n) is 2.24. The minimum Gasteiger partial charge on any atom is -0.447 e. The van der Waals surface area contributed by atoms with Crippen molar-refractivity contribution in [1.82, 2.24) is 5.32 Å². The second-order valence-electron chi connectivity index (χ2n) is 3.26. The van der Waals surface area contributed by atoms with E-state index in [1.165, 1.54) is 6.07 Å². The van der Waals surface area contributed by atoms with E-state index in [4.69, 9.17) is 4.74 Å². The number of amides is 1. The predicted octanol–water partition coefficient (Wildman–Crippen LogP) is 2.14. The van der Waals surface area contributed by atoms with Crippen LogP contribution in [0.25, 0.3) is 0 Å². The molecule has 1 atom stereocenters. The number of nitrogens with one attached hydrogen (secondary N) is 1. The zero-order valence-electron chi connectivity index (χ0n) is 7.97. The van der Waals surface area contributed by atoms with E-state index in [-0.39, 0.29) is 18.3 Å². The van der Waals surface area contributed by atoms with Gasteiger partial charge in [0.15, 0.2) is 0 Å². The zero-order valence-corrected chi connectivity index (χ0v) is 9.56. The quantitative estimate of drug-likeness (QED) is 0.667. The van der Waals surface area contributed by atoms with Gasteiger partial charge in [-0.2, -0.15) is 0 Å². The second-order valence-corrected chi connectivity index (χ2v) is 4.12. The average Bonchev–Trinajstić information content (AvgIpc) is 2.65. The summed E-state index contributed by atoms with van der Waals surface area (Å²) in [6.07, 6.45) is -0.504. The molecule has 0 aromatic heterocycles. The summed E-state index contributed by atoms with van der Waals surface area (Å²) < 4.78 is 5.13. The fourth-order valence-electron chi connectivity index (χ4n) is 1.45. The molecule has 1 N–H and O–H groups in total. The van der Waals surface area contributed by atoms with Crippen LogP contribution in [0.2, 0.25) is 0 Å². The fraction of sp³-hybridized carbons (Fsp3) is 0.222. The Labute approximate surface area is 98.9 Å². The summed E-state index contributed by atoms with van der Waals surface area (Å²) in [6, 6.07) is 4.39. The van der Waals surface area contributed by atoms with Crippen molar-refractivity contribution in [2.45, 2.75) is 6.04 Å². The van der Waals surface area contributed by atoms with Gasteiger partial charge in [-0.1, -0.05) is 6.07 Å². The Hall–Kier alpha value is -1.63. The molecule has 6 nitrogen and oxygen atoms in total. The molecular formula is C9H7BrN2O4. The molecule has 0 radical (unpaired) electrons. The SMILES string of the molecule is O=C1N[C@H](c2ccc(Br)c([N+](=O)[O-])c2)CO1. The van der Waals surface area contributed by atoms with E-state index in [2.05, 4.69) is 21.2 Å². The number of nitro benzene ring substituents is 1. The van der Waals surface area contributed by atoms with Crippen LogP contribution in [0.5, 0.6) is 0 Å². The third-order valence-corrected chi connectivity index (χ3v) is 2.91. The van der Waals surface area contributed by atoms with Crippen LogP contribution < -0.4 is 5.32 Å². The number of benzene rings is 1. The second kappa shape index (κ2) is 4.09. The highest BCUT2D eigenvalue weighted by molar-refractivity contribution is 9.10. The molecule has 1 saturated heterocycles. The summed E-state index contributed by atoms with van der Waals surface area (Å²) in [5.74, 6) is 0. The van der Waals surface area contributed by atoms with Gasteiger partial charge in [0.05, 0.1) is 15.4 Å². The zero-order chi connectivity index (χ0) is 11.7. The first-order valence-corrected chi connectivity index (χ1v) is 5.24. The molecule has 1 heterocycles. The van der Waals surface area contributed by atoms with Gasteiger partial charge in [-0.3, -0.25) is 10.1 Å². The van der Waals surface area contributed by atoms with Crippen molar-refractivity contribution in [1.29, 1.82) is 0 Å². The summed E-state index contributed by atoms with van der Waals surface area (Å²) in [5.41, 5.74) is 0.624. The summed E-state index contributed by atoms with van der Waals surface area (Å²) in [4.78, 5) is 21.1. The highest BCUT2D eigenvalue weighted by atomic mass is 79.9. The Morgan fingerprint density at radius 3 is 2.88 bits per heavy atom. The van der Waals surface area contributed by atoms with Crippen LogP contribution in [-0.2, 0) is 4.74 Å². The number of ether oxygens (including phenoxy) is 1. The predicted molar refractivity (Wildman–Crippen MR) is 58.0 cm³/mol. The third kappa shape index (κ3) is 1.99. The molecule has 0 unspecified atom stereocenters. The summed E-state index contributed by atoms with van der Waals surface area (Å²) in [6.45, 7) is 0.192. The van der Waals surface area contributed by atoms with Gasteiger partial charge in [0.25, 0.3) is 5.69 Å².